The lowest BCUT2D eigenvalue weighted by Crippen LogP contribution is -2.32. The van der Waals surface area contributed by atoms with Gasteiger partial charge in [0.05, 0.1) is 6.61 Å². The van der Waals surface area contributed by atoms with Crippen molar-refractivity contribution >= 4 is 11.0 Å². The minimum absolute atomic E-state index is 0.613. The van der Waals surface area contributed by atoms with Crippen LogP contribution in [0.5, 0.6) is 0 Å². The van der Waals surface area contributed by atoms with Crippen molar-refractivity contribution in [2.24, 2.45) is 0 Å². The van der Waals surface area contributed by atoms with Crippen molar-refractivity contribution in [1.82, 2.24) is 4.57 Å². The van der Waals surface area contributed by atoms with Gasteiger partial charge in [-0.3, -0.25) is 0 Å². The molecule has 2 aromatic carbocycles. The zero-order valence-corrected chi connectivity index (χ0v) is 13.1. The molecule has 0 saturated carbocycles. The van der Waals surface area contributed by atoms with Crippen molar-refractivity contribution in [2.75, 3.05) is 6.61 Å². The van der Waals surface area contributed by atoms with E-state index in [1.807, 2.05) is 0 Å². The van der Waals surface area contributed by atoms with Crippen molar-refractivity contribution in [3.05, 3.63) is 66.5 Å². The van der Waals surface area contributed by atoms with Gasteiger partial charge in [0.2, 0.25) is 6.33 Å². The van der Waals surface area contributed by atoms with Crippen LogP contribution in [-0.4, -0.2) is 11.2 Å². The molecule has 0 unspecified atom stereocenters. The van der Waals surface area contributed by atoms with Gasteiger partial charge in [-0.05, 0) is 24.1 Å². The highest BCUT2D eigenvalue weighted by atomic mass is 16.5. The van der Waals surface area contributed by atoms with Crippen LogP contribution in [0.2, 0.25) is 0 Å². The quantitative estimate of drug-likeness (QED) is 0.479. The van der Waals surface area contributed by atoms with Crippen LogP contribution < -0.4 is 4.57 Å². The van der Waals surface area contributed by atoms with Gasteiger partial charge in [0.1, 0.15) is 6.54 Å². The molecular weight excluding hydrogens is 272 g/mol. The first-order valence-electron chi connectivity index (χ1n) is 7.97. The molecule has 0 radical (unpaired) electrons. The van der Waals surface area contributed by atoms with Gasteiger partial charge in [-0.25, -0.2) is 9.13 Å². The number of rotatable bonds is 7. The predicted octanol–water partition coefficient (Wildman–Crippen LogP) is 3.75. The van der Waals surface area contributed by atoms with E-state index >= 15 is 0 Å². The normalized spacial score (nSPS) is 11.1. The van der Waals surface area contributed by atoms with Crippen molar-refractivity contribution in [1.29, 1.82) is 0 Å². The van der Waals surface area contributed by atoms with Crippen LogP contribution >= 0.6 is 0 Å². The first-order valence-corrected chi connectivity index (χ1v) is 7.97. The molecule has 0 aliphatic carbocycles. The number of aromatic nitrogens is 2. The number of nitrogens with zero attached hydrogens (tertiary/aromatic N) is 2. The zero-order valence-electron chi connectivity index (χ0n) is 13.1. The van der Waals surface area contributed by atoms with Crippen molar-refractivity contribution in [2.45, 2.75) is 33.0 Å². The van der Waals surface area contributed by atoms with Gasteiger partial charge in [0.15, 0.2) is 17.8 Å². The molecule has 1 aromatic heterocycles. The summed E-state index contributed by atoms with van der Waals surface area (Å²) in [5, 5.41) is 0. The van der Waals surface area contributed by atoms with Crippen LogP contribution in [0.3, 0.4) is 0 Å². The van der Waals surface area contributed by atoms with Crippen LogP contribution in [0.15, 0.2) is 60.9 Å². The summed E-state index contributed by atoms with van der Waals surface area (Å²) in [5.74, 6) is 0. The number of unbranched alkanes of at least 4 members (excludes halogenated alkanes) is 1. The Morgan fingerprint density at radius 1 is 1.00 bits per heavy atom. The molecule has 0 aliphatic rings. The monoisotopic (exact) mass is 295 g/mol. The first kappa shape index (κ1) is 14.8. The third-order valence-corrected chi connectivity index (χ3v) is 3.85. The van der Waals surface area contributed by atoms with E-state index in [0.29, 0.717) is 6.73 Å². The summed E-state index contributed by atoms with van der Waals surface area (Å²) in [6.45, 7) is 4.50. The molecule has 114 valence electrons. The van der Waals surface area contributed by atoms with E-state index in [4.69, 9.17) is 4.74 Å². The van der Waals surface area contributed by atoms with E-state index in [2.05, 4.69) is 77.0 Å². The highest BCUT2D eigenvalue weighted by Crippen LogP contribution is 2.12. The summed E-state index contributed by atoms with van der Waals surface area (Å²) in [4.78, 5) is 0. The Morgan fingerprint density at radius 2 is 1.77 bits per heavy atom. The minimum atomic E-state index is 0.613. The Kier molecular flexibility index (Phi) is 4.86. The summed E-state index contributed by atoms with van der Waals surface area (Å²) < 4.78 is 10.3. The highest BCUT2D eigenvalue weighted by Gasteiger charge is 2.15. The van der Waals surface area contributed by atoms with E-state index in [-0.39, 0.29) is 0 Å². The van der Waals surface area contributed by atoms with Gasteiger partial charge >= 0.3 is 0 Å². The maximum absolute atomic E-state index is 5.78. The summed E-state index contributed by atoms with van der Waals surface area (Å²) in [5.41, 5.74) is 3.77. The molecule has 0 amide bonds. The number of para-hydroxylation sites is 2. The summed E-state index contributed by atoms with van der Waals surface area (Å²) >= 11 is 0. The molecule has 3 nitrogen and oxygen atoms in total. The second-order valence-corrected chi connectivity index (χ2v) is 5.58. The molecule has 0 atom stereocenters. The third kappa shape index (κ3) is 3.37. The lowest BCUT2D eigenvalue weighted by molar-refractivity contribution is -0.663. The third-order valence-electron chi connectivity index (χ3n) is 3.85. The summed E-state index contributed by atoms with van der Waals surface area (Å²) in [6.07, 6.45) is 4.44. The fourth-order valence-corrected chi connectivity index (χ4v) is 2.66. The van der Waals surface area contributed by atoms with Gasteiger partial charge in [0.25, 0.3) is 0 Å². The van der Waals surface area contributed by atoms with Crippen LogP contribution in [-0.2, 0) is 18.0 Å². The molecule has 3 aromatic rings. The molecule has 22 heavy (non-hydrogen) atoms. The smallest absolute Gasteiger partial charge is 0.246 e. The standard InChI is InChI=1S/C19H23N2O/c1-2-3-13-22-16-21-15-20(14-17-9-5-4-6-10-17)18-11-7-8-12-19(18)21/h4-12,15H,2-3,13-14,16H2,1H3/q+1. The average molecular weight is 295 g/mol. The predicted molar refractivity (Wildman–Crippen MR) is 88.5 cm³/mol. The zero-order chi connectivity index (χ0) is 15.2. The number of imidazole rings is 1. The van der Waals surface area contributed by atoms with Crippen LogP contribution in [0, 0.1) is 0 Å². The largest absolute Gasteiger partial charge is 0.342 e. The molecule has 0 aliphatic heterocycles. The van der Waals surface area contributed by atoms with Crippen LogP contribution in [0.25, 0.3) is 11.0 Å². The number of ether oxygens (including phenoxy) is 1. The Labute approximate surface area is 131 Å². The van der Waals surface area contributed by atoms with Gasteiger partial charge in [-0.1, -0.05) is 55.8 Å². The average Bonchev–Trinajstić information content (AvgIpc) is 2.91. The van der Waals surface area contributed by atoms with Crippen molar-refractivity contribution in [3.63, 3.8) is 0 Å². The van der Waals surface area contributed by atoms with E-state index < -0.39 is 0 Å². The van der Waals surface area contributed by atoms with Crippen LogP contribution in [0.1, 0.15) is 25.3 Å². The molecular formula is C19H23N2O+. The van der Waals surface area contributed by atoms with Crippen molar-refractivity contribution < 1.29 is 9.30 Å². The van der Waals surface area contributed by atoms with Gasteiger partial charge in [-0.15, -0.1) is 0 Å². The molecule has 3 heteroatoms. The van der Waals surface area contributed by atoms with Crippen LogP contribution in [0.4, 0.5) is 0 Å². The summed E-state index contributed by atoms with van der Waals surface area (Å²) in [6, 6.07) is 19.0. The molecule has 0 bridgehead atoms. The fraction of sp³-hybridized carbons (Fsp3) is 0.316. The van der Waals surface area contributed by atoms with E-state index in [0.717, 1.165) is 19.6 Å². The molecule has 0 fully saturated rings. The maximum atomic E-state index is 5.78. The van der Waals surface area contributed by atoms with E-state index in [9.17, 15) is 0 Å². The van der Waals surface area contributed by atoms with E-state index in [1.54, 1.807) is 0 Å². The molecule has 0 spiro atoms. The van der Waals surface area contributed by atoms with Crippen molar-refractivity contribution in [3.8, 4) is 0 Å². The summed E-state index contributed by atoms with van der Waals surface area (Å²) in [7, 11) is 0. The lowest BCUT2D eigenvalue weighted by atomic mass is 10.2. The second-order valence-electron chi connectivity index (χ2n) is 5.58. The molecule has 0 N–H and O–H groups in total. The Hall–Kier alpha value is -2.13. The lowest BCUT2D eigenvalue weighted by Gasteiger charge is -2.00. The number of fused-ring (bicyclic) bond motifs is 1. The molecule has 1 heterocycles. The number of hydrogen-bond acceptors (Lipinski definition) is 1. The van der Waals surface area contributed by atoms with Gasteiger partial charge in [0, 0.05) is 0 Å². The SMILES string of the molecule is CCCCOCn1c[n+](Cc2ccccc2)c2ccccc21. The Bertz CT molecular complexity index is 719. The maximum Gasteiger partial charge on any atom is 0.246 e. The fourth-order valence-electron chi connectivity index (χ4n) is 2.66. The van der Waals surface area contributed by atoms with E-state index in [1.165, 1.54) is 23.0 Å². The highest BCUT2D eigenvalue weighted by molar-refractivity contribution is 5.71. The first-order chi connectivity index (χ1) is 10.9. The number of benzene rings is 2. The van der Waals surface area contributed by atoms with Gasteiger partial charge in [-0.2, -0.15) is 0 Å². The Morgan fingerprint density at radius 3 is 2.59 bits per heavy atom. The minimum Gasteiger partial charge on any atom is -0.342 e. The molecule has 3 rings (SSSR count). The second kappa shape index (κ2) is 7.23. The topological polar surface area (TPSA) is 18.0 Å². The number of hydrogen-bond donors (Lipinski definition) is 0. The van der Waals surface area contributed by atoms with Gasteiger partial charge < -0.3 is 4.74 Å². The Balaban J connectivity index is 1.84. The molecule has 0 saturated heterocycles.